The molecule has 72 valence electrons. The van der Waals surface area contributed by atoms with Gasteiger partial charge in [-0.05, 0) is 25.3 Å². The summed E-state index contributed by atoms with van der Waals surface area (Å²) in [7, 11) is 1.60. The normalized spacial score (nSPS) is 18.5. The van der Waals surface area contributed by atoms with Crippen LogP contribution in [0.15, 0.2) is 17.3 Å². The molecule has 0 saturated heterocycles. The van der Waals surface area contributed by atoms with Crippen LogP contribution in [0, 0.1) is 0 Å². The van der Waals surface area contributed by atoms with Crippen molar-refractivity contribution in [1.29, 1.82) is 0 Å². The zero-order chi connectivity index (χ0) is 9.47. The molecule has 0 bridgehead atoms. The number of hydrogen-bond donors (Lipinski definition) is 0. The fraction of sp³-hybridized carbons (Fsp3) is 0.571. The van der Waals surface area contributed by atoms with E-state index in [0.717, 1.165) is 19.3 Å². The molecule has 6 heteroatoms. The summed E-state index contributed by atoms with van der Waals surface area (Å²) in [6.45, 7) is 0. The van der Waals surface area contributed by atoms with Gasteiger partial charge in [0.1, 0.15) is 0 Å². The molecule has 1 aliphatic carbocycles. The van der Waals surface area contributed by atoms with Crippen molar-refractivity contribution in [3.63, 3.8) is 0 Å². The first-order valence-electron chi connectivity index (χ1n) is 4.07. The van der Waals surface area contributed by atoms with Crippen LogP contribution >= 0.6 is 10.7 Å². The maximum absolute atomic E-state index is 11.1. The number of rotatable bonds is 2. The molecule has 13 heavy (non-hydrogen) atoms. The van der Waals surface area contributed by atoms with Gasteiger partial charge in [0.2, 0.25) is 0 Å². The van der Waals surface area contributed by atoms with Gasteiger partial charge < -0.3 is 0 Å². The van der Waals surface area contributed by atoms with Crippen molar-refractivity contribution in [1.82, 2.24) is 9.78 Å². The monoisotopic (exact) mass is 220 g/mol. The molecule has 2 rings (SSSR count). The molecule has 4 nitrogen and oxygen atoms in total. The first-order valence-corrected chi connectivity index (χ1v) is 6.38. The lowest BCUT2D eigenvalue weighted by Gasteiger charge is -2.26. The highest BCUT2D eigenvalue weighted by Crippen LogP contribution is 2.33. The van der Waals surface area contributed by atoms with Gasteiger partial charge in [-0.25, -0.2) is 13.1 Å². The summed E-state index contributed by atoms with van der Waals surface area (Å²) in [5.74, 6) is 0. The van der Waals surface area contributed by atoms with Crippen molar-refractivity contribution in [2.75, 3.05) is 0 Å². The molecule has 0 amide bonds. The SMILES string of the molecule is O=S(=O)(Cl)c1ccnn1C1CCC1. The van der Waals surface area contributed by atoms with E-state index in [0.29, 0.717) is 0 Å². The average Bonchev–Trinajstić information content (AvgIpc) is 2.29. The summed E-state index contributed by atoms with van der Waals surface area (Å²) < 4.78 is 23.6. The Morgan fingerprint density at radius 2 is 2.23 bits per heavy atom. The Bertz CT molecular complexity index is 408. The standard InChI is InChI=1S/C7H9ClN2O2S/c8-13(11,12)7-4-5-9-10(7)6-2-1-3-6/h4-6H,1-3H2. The third-order valence-corrected chi connectivity index (χ3v) is 3.60. The average molecular weight is 221 g/mol. The molecule has 1 aromatic rings. The van der Waals surface area contributed by atoms with Crippen LogP contribution in [-0.4, -0.2) is 18.2 Å². The van der Waals surface area contributed by atoms with Crippen LogP contribution in [0.2, 0.25) is 0 Å². The van der Waals surface area contributed by atoms with Crippen molar-refractivity contribution in [2.45, 2.75) is 30.3 Å². The minimum Gasteiger partial charge on any atom is -0.250 e. The van der Waals surface area contributed by atoms with Gasteiger partial charge in [-0.1, -0.05) is 0 Å². The molecule has 0 aromatic carbocycles. The molecule has 1 fully saturated rings. The minimum atomic E-state index is -3.64. The fourth-order valence-corrected chi connectivity index (χ4v) is 2.41. The number of nitrogens with zero attached hydrogens (tertiary/aromatic N) is 2. The Morgan fingerprint density at radius 3 is 2.69 bits per heavy atom. The second kappa shape index (κ2) is 2.99. The van der Waals surface area contributed by atoms with E-state index in [1.807, 2.05) is 0 Å². The molecular formula is C7H9ClN2O2S. The zero-order valence-electron chi connectivity index (χ0n) is 6.85. The zero-order valence-corrected chi connectivity index (χ0v) is 8.42. The molecule has 0 aliphatic heterocycles. The van der Waals surface area contributed by atoms with Crippen molar-refractivity contribution < 1.29 is 8.42 Å². The van der Waals surface area contributed by atoms with Gasteiger partial charge in [0, 0.05) is 10.7 Å². The lowest BCUT2D eigenvalue weighted by molar-refractivity contribution is 0.271. The summed E-state index contributed by atoms with van der Waals surface area (Å²) in [6, 6.07) is 1.65. The lowest BCUT2D eigenvalue weighted by atomic mass is 9.93. The van der Waals surface area contributed by atoms with Crippen LogP contribution in [0.25, 0.3) is 0 Å². The van der Waals surface area contributed by atoms with E-state index in [9.17, 15) is 8.42 Å². The van der Waals surface area contributed by atoms with Gasteiger partial charge in [0.25, 0.3) is 9.05 Å². The van der Waals surface area contributed by atoms with Crippen LogP contribution in [-0.2, 0) is 9.05 Å². The molecule has 0 N–H and O–H groups in total. The van der Waals surface area contributed by atoms with Crippen molar-refractivity contribution >= 4 is 19.7 Å². The van der Waals surface area contributed by atoms with E-state index in [4.69, 9.17) is 10.7 Å². The van der Waals surface area contributed by atoms with Gasteiger partial charge in [0.05, 0.1) is 12.2 Å². The molecule has 1 aliphatic rings. The Hall–Kier alpha value is -0.550. The van der Waals surface area contributed by atoms with E-state index in [-0.39, 0.29) is 11.1 Å². The van der Waals surface area contributed by atoms with E-state index in [2.05, 4.69) is 5.10 Å². The summed E-state index contributed by atoms with van der Waals surface area (Å²) in [4.78, 5) is 0. The first-order chi connectivity index (χ1) is 6.09. The predicted molar refractivity (Wildman–Crippen MR) is 48.2 cm³/mol. The van der Waals surface area contributed by atoms with Crippen LogP contribution in [0.4, 0.5) is 0 Å². The molecule has 1 saturated carbocycles. The molecule has 1 heterocycles. The first kappa shape index (κ1) is 9.02. The third kappa shape index (κ3) is 1.58. The molecular weight excluding hydrogens is 212 g/mol. The predicted octanol–water partition coefficient (Wildman–Crippen LogP) is 1.54. The second-order valence-electron chi connectivity index (χ2n) is 3.14. The van der Waals surface area contributed by atoms with Crippen LogP contribution < -0.4 is 0 Å². The third-order valence-electron chi connectivity index (χ3n) is 2.30. The quantitative estimate of drug-likeness (QED) is 0.711. The Morgan fingerprint density at radius 1 is 1.54 bits per heavy atom. The molecule has 0 spiro atoms. The van der Waals surface area contributed by atoms with Gasteiger partial charge in [-0.2, -0.15) is 5.10 Å². The lowest BCUT2D eigenvalue weighted by Crippen LogP contribution is -2.20. The Kier molecular flexibility index (Phi) is 2.08. The molecule has 1 aromatic heterocycles. The van der Waals surface area contributed by atoms with Gasteiger partial charge in [-0.15, -0.1) is 0 Å². The maximum Gasteiger partial charge on any atom is 0.278 e. The largest absolute Gasteiger partial charge is 0.278 e. The number of halogens is 1. The smallest absolute Gasteiger partial charge is 0.250 e. The minimum absolute atomic E-state index is 0.110. The Labute approximate surface area is 80.9 Å². The Balaban J connectivity index is 2.41. The number of aromatic nitrogens is 2. The maximum atomic E-state index is 11.1. The van der Waals surface area contributed by atoms with Gasteiger partial charge >= 0.3 is 0 Å². The highest BCUT2D eigenvalue weighted by Gasteiger charge is 2.26. The van der Waals surface area contributed by atoms with Crippen LogP contribution in [0.1, 0.15) is 25.3 Å². The van der Waals surface area contributed by atoms with E-state index in [1.165, 1.54) is 16.9 Å². The second-order valence-corrected chi connectivity index (χ2v) is 5.65. The van der Waals surface area contributed by atoms with Crippen LogP contribution in [0.5, 0.6) is 0 Å². The summed E-state index contributed by atoms with van der Waals surface area (Å²) >= 11 is 0. The highest BCUT2D eigenvalue weighted by atomic mass is 35.7. The fourth-order valence-electron chi connectivity index (χ4n) is 1.40. The molecule has 0 atom stereocenters. The summed E-state index contributed by atoms with van der Waals surface area (Å²) in [6.07, 6.45) is 4.57. The van der Waals surface area contributed by atoms with Crippen LogP contribution in [0.3, 0.4) is 0 Å². The van der Waals surface area contributed by atoms with Gasteiger partial charge in [0.15, 0.2) is 5.03 Å². The summed E-state index contributed by atoms with van der Waals surface area (Å²) in [5, 5.41) is 4.07. The van der Waals surface area contributed by atoms with E-state index < -0.39 is 9.05 Å². The van der Waals surface area contributed by atoms with E-state index in [1.54, 1.807) is 0 Å². The van der Waals surface area contributed by atoms with Crippen molar-refractivity contribution in [3.8, 4) is 0 Å². The molecule has 0 radical (unpaired) electrons. The topological polar surface area (TPSA) is 52.0 Å². The highest BCUT2D eigenvalue weighted by molar-refractivity contribution is 8.13. The number of hydrogen-bond acceptors (Lipinski definition) is 3. The molecule has 0 unspecified atom stereocenters. The summed E-state index contributed by atoms with van der Waals surface area (Å²) in [5.41, 5.74) is 0. The van der Waals surface area contributed by atoms with Crippen molar-refractivity contribution in [3.05, 3.63) is 12.3 Å². The van der Waals surface area contributed by atoms with E-state index >= 15 is 0 Å². The van der Waals surface area contributed by atoms with Gasteiger partial charge in [-0.3, -0.25) is 0 Å². The van der Waals surface area contributed by atoms with Crippen molar-refractivity contribution in [2.24, 2.45) is 0 Å².